The van der Waals surface area contributed by atoms with Gasteiger partial charge in [-0.05, 0) is 41.5 Å². The number of hydrogen-bond acceptors (Lipinski definition) is 3. The highest BCUT2D eigenvalue weighted by Crippen LogP contribution is 2.43. The second-order valence-corrected chi connectivity index (χ2v) is 8.22. The quantitative estimate of drug-likeness (QED) is 0.730. The molecule has 0 saturated heterocycles. The molecule has 0 unspecified atom stereocenters. The van der Waals surface area contributed by atoms with E-state index in [1.165, 1.54) is 11.1 Å². The van der Waals surface area contributed by atoms with E-state index in [-0.39, 0.29) is 29.3 Å². The summed E-state index contributed by atoms with van der Waals surface area (Å²) in [6.45, 7) is 4.41. The predicted molar refractivity (Wildman–Crippen MR) is 110 cm³/mol. The normalized spacial score (nSPS) is 17.9. The van der Waals surface area contributed by atoms with Gasteiger partial charge in [0.25, 0.3) is 5.56 Å². The number of para-hydroxylation sites is 1. The Morgan fingerprint density at radius 1 is 1.18 bits per heavy atom. The van der Waals surface area contributed by atoms with Crippen molar-refractivity contribution in [3.05, 3.63) is 75.8 Å². The number of nitrogens with one attached hydrogen (secondary N) is 2. The monoisotopic (exact) mass is 375 g/mol. The molecule has 0 saturated carbocycles. The van der Waals surface area contributed by atoms with E-state index < -0.39 is 0 Å². The van der Waals surface area contributed by atoms with Crippen LogP contribution in [0.1, 0.15) is 49.7 Å². The Morgan fingerprint density at radius 2 is 1.93 bits per heavy atom. The van der Waals surface area contributed by atoms with Crippen LogP contribution in [-0.4, -0.2) is 15.9 Å². The molecule has 0 bridgehead atoms. The number of hydrogen-bond donors (Lipinski definition) is 2. The van der Waals surface area contributed by atoms with E-state index in [4.69, 9.17) is 0 Å². The summed E-state index contributed by atoms with van der Waals surface area (Å²) in [5.41, 5.74) is 3.02. The third-order valence-electron chi connectivity index (χ3n) is 5.74. The van der Waals surface area contributed by atoms with Crippen molar-refractivity contribution in [1.82, 2.24) is 15.3 Å². The maximum Gasteiger partial charge on any atom is 0.258 e. The van der Waals surface area contributed by atoms with Gasteiger partial charge < -0.3 is 10.3 Å². The first-order valence-electron chi connectivity index (χ1n) is 9.79. The number of benzene rings is 2. The molecule has 1 amide bonds. The number of nitrogens with zero attached hydrogens (tertiary/aromatic N) is 1. The number of fused-ring (bicyclic) bond motifs is 2. The molecule has 1 aromatic heterocycles. The van der Waals surface area contributed by atoms with Crippen LogP contribution in [0.3, 0.4) is 0 Å². The molecule has 3 aromatic rings. The van der Waals surface area contributed by atoms with Gasteiger partial charge in [0.2, 0.25) is 5.91 Å². The van der Waals surface area contributed by atoms with Crippen LogP contribution >= 0.6 is 0 Å². The Morgan fingerprint density at radius 3 is 2.79 bits per heavy atom. The molecule has 0 spiro atoms. The fourth-order valence-electron chi connectivity index (χ4n) is 4.06. The van der Waals surface area contributed by atoms with Crippen LogP contribution in [-0.2, 0) is 17.6 Å². The number of amides is 1. The van der Waals surface area contributed by atoms with Crippen molar-refractivity contribution >= 4 is 16.8 Å². The van der Waals surface area contributed by atoms with E-state index in [9.17, 15) is 9.59 Å². The third-order valence-corrected chi connectivity index (χ3v) is 5.74. The highest BCUT2D eigenvalue weighted by Gasteiger charge is 2.36. The highest BCUT2D eigenvalue weighted by molar-refractivity contribution is 5.78. The van der Waals surface area contributed by atoms with Crippen LogP contribution in [0.4, 0.5) is 0 Å². The molecule has 0 aliphatic heterocycles. The second kappa shape index (κ2) is 7.23. The molecule has 5 heteroatoms. The van der Waals surface area contributed by atoms with Gasteiger partial charge in [-0.25, -0.2) is 4.98 Å². The van der Waals surface area contributed by atoms with Crippen molar-refractivity contribution in [2.24, 2.45) is 5.41 Å². The van der Waals surface area contributed by atoms with Gasteiger partial charge >= 0.3 is 0 Å². The standard InChI is InChI=1S/C23H25N3O2/c1-23(2)14-13-15-7-3-4-8-16(15)21(23)26-20(27)12-11-19-24-18-10-6-5-9-17(18)22(28)25-19/h3-10,21H,11-14H2,1-2H3,(H,26,27)(H,24,25,28)/t21-/m0/s1. The number of aromatic nitrogens is 2. The van der Waals surface area contributed by atoms with E-state index in [0.29, 0.717) is 23.1 Å². The van der Waals surface area contributed by atoms with Crippen LogP contribution in [0.15, 0.2) is 53.3 Å². The minimum Gasteiger partial charge on any atom is -0.349 e. The maximum atomic E-state index is 12.7. The van der Waals surface area contributed by atoms with Gasteiger partial charge in [-0.3, -0.25) is 9.59 Å². The number of H-pyrrole nitrogens is 1. The highest BCUT2D eigenvalue weighted by atomic mass is 16.1. The van der Waals surface area contributed by atoms with Crippen LogP contribution in [0.2, 0.25) is 0 Å². The van der Waals surface area contributed by atoms with Gasteiger partial charge in [-0.2, -0.15) is 0 Å². The summed E-state index contributed by atoms with van der Waals surface area (Å²) in [5.74, 6) is 0.521. The number of aryl methyl sites for hydroxylation is 2. The summed E-state index contributed by atoms with van der Waals surface area (Å²) < 4.78 is 0. The van der Waals surface area contributed by atoms with Gasteiger partial charge in [0.05, 0.1) is 16.9 Å². The molecule has 2 N–H and O–H groups in total. The van der Waals surface area contributed by atoms with Gasteiger partial charge in [0, 0.05) is 12.8 Å². The molecule has 1 atom stereocenters. The third kappa shape index (κ3) is 3.57. The van der Waals surface area contributed by atoms with Gasteiger partial charge in [0.1, 0.15) is 5.82 Å². The van der Waals surface area contributed by atoms with E-state index in [0.717, 1.165) is 12.8 Å². The lowest BCUT2D eigenvalue weighted by molar-refractivity contribution is -0.122. The number of rotatable bonds is 4. The fourth-order valence-corrected chi connectivity index (χ4v) is 4.06. The Labute approximate surface area is 164 Å². The minimum absolute atomic E-state index is 0.000471. The number of carbonyl (C=O) groups is 1. The summed E-state index contributed by atoms with van der Waals surface area (Å²) in [6, 6.07) is 15.6. The summed E-state index contributed by atoms with van der Waals surface area (Å²) in [5, 5.41) is 3.79. The van der Waals surface area contributed by atoms with Crippen molar-refractivity contribution in [2.45, 2.75) is 45.6 Å². The zero-order valence-corrected chi connectivity index (χ0v) is 16.3. The molecule has 1 aliphatic rings. The smallest absolute Gasteiger partial charge is 0.258 e. The molecule has 5 nitrogen and oxygen atoms in total. The number of aromatic amines is 1. The van der Waals surface area contributed by atoms with Crippen molar-refractivity contribution in [2.75, 3.05) is 0 Å². The molecule has 144 valence electrons. The molecule has 2 aromatic carbocycles. The lowest BCUT2D eigenvalue weighted by atomic mass is 9.70. The van der Waals surface area contributed by atoms with Crippen molar-refractivity contribution in [3.63, 3.8) is 0 Å². The molecule has 28 heavy (non-hydrogen) atoms. The summed E-state index contributed by atoms with van der Waals surface area (Å²) >= 11 is 0. The van der Waals surface area contributed by atoms with Crippen molar-refractivity contribution < 1.29 is 4.79 Å². The maximum absolute atomic E-state index is 12.7. The molecular formula is C23H25N3O2. The van der Waals surface area contributed by atoms with Crippen LogP contribution in [0, 0.1) is 5.41 Å². The minimum atomic E-state index is -0.164. The van der Waals surface area contributed by atoms with E-state index in [2.05, 4.69) is 47.3 Å². The summed E-state index contributed by atoms with van der Waals surface area (Å²) in [7, 11) is 0. The molecule has 0 fully saturated rings. The van der Waals surface area contributed by atoms with Crippen LogP contribution in [0.25, 0.3) is 10.9 Å². The molecule has 4 rings (SSSR count). The molecule has 0 radical (unpaired) electrons. The zero-order valence-electron chi connectivity index (χ0n) is 16.3. The van der Waals surface area contributed by atoms with E-state index in [1.807, 2.05) is 24.3 Å². The molecule has 1 aliphatic carbocycles. The van der Waals surface area contributed by atoms with Crippen molar-refractivity contribution in [3.8, 4) is 0 Å². The summed E-state index contributed by atoms with van der Waals surface area (Å²) in [6.07, 6.45) is 2.77. The lowest BCUT2D eigenvalue weighted by Crippen LogP contribution is -2.41. The summed E-state index contributed by atoms with van der Waals surface area (Å²) in [4.78, 5) is 32.2. The van der Waals surface area contributed by atoms with Crippen LogP contribution in [0.5, 0.6) is 0 Å². The Balaban J connectivity index is 1.48. The lowest BCUT2D eigenvalue weighted by Gasteiger charge is -2.40. The van der Waals surface area contributed by atoms with E-state index in [1.54, 1.807) is 6.07 Å². The first-order chi connectivity index (χ1) is 13.4. The molecule has 1 heterocycles. The first-order valence-corrected chi connectivity index (χ1v) is 9.79. The fraction of sp³-hybridized carbons (Fsp3) is 0.348. The Hall–Kier alpha value is -2.95. The zero-order chi connectivity index (χ0) is 19.7. The Bertz CT molecular complexity index is 1080. The first kappa shape index (κ1) is 18.4. The second-order valence-electron chi connectivity index (χ2n) is 8.22. The van der Waals surface area contributed by atoms with Crippen LogP contribution < -0.4 is 10.9 Å². The number of carbonyl (C=O) groups excluding carboxylic acids is 1. The van der Waals surface area contributed by atoms with Crippen molar-refractivity contribution in [1.29, 1.82) is 0 Å². The largest absolute Gasteiger partial charge is 0.349 e. The average Bonchev–Trinajstić information content (AvgIpc) is 2.69. The van der Waals surface area contributed by atoms with Gasteiger partial charge in [-0.15, -0.1) is 0 Å². The Kier molecular flexibility index (Phi) is 4.75. The molecular weight excluding hydrogens is 350 g/mol. The van der Waals surface area contributed by atoms with Gasteiger partial charge in [-0.1, -0.05) is 50.2 Å². The van der Waals surface area contributed by atoms with E-state index >= 15 is 0 Å². The van der Waals surface area contributed by atoms with Gasteiger partial charge in [0.15, 0.2) is 0 Å². The topological polar surface area (TPSA) is 74.8 Å². The predicted octanol–water partition coefficient (Wildman–Crippen LogP) is 3.69. The average molecular weight is 375 g/mol. The SMILES string of the molecule is CC1(C)CCc2ccccc2[C@@H]1NC(=O)CCc1nc2ccccc2c(=O)[nH]1.